The molecule has 2 rings (SSSR count). The number of piperazine rings is 1. The molecule has 2 nitrogen and oxygen atoms in total. The Bertz CT molecular complexity index is 405. The second kappa shape index (κ2) is 7.92. The molecule has 4 heteroatoms. The molecule has 1 aliphatic heterocycles. The van der Waals surface area contributed by atoms with Crippen LogP contribution in [-0.4, -0.2) is 36.6 Å². The zero-order valence-corrected chi connectivity index (χ0v) is 15.3. The summed E-state index contributed by atoms with van der Waals surface area (Å²) in [5.41, 5.74) is 0. The standard InChI is InChI=1S/C16H27BrN2S/c1-4-14-10-18-13(9-12(2)3)11-19(14)8-7-15-5-6-16(17)20-15/h5-6,12-14,18H,4,7-11H2,1-3H3. The molecule has 114 valence electrons. The average molecular weight is 359 g/mol. The first-order valence-corrected chi connectivity index (χ1v) is 9.41. The molecule has 2 unspecified atom stereocenters. The Morgan fingerprint density at radius 2 is 2.25 bits per heavy atom. The van der Waals surface area contributed by atoms with E-state index in [-0.39, 0.29) is 0 Å². The fourth-order valence-electron chi connectivity index (χ4n) is 3.07. The normalized spacial score (nSPS) is 24.4. The summed E-state index contributed by atoms with van der Waals surface area (Å²) in [5, 5.41) is 3.74. The Kier molecular flexibility index (Phi) is 6.53. The molecule has 1 aliphatic rings. The van der Waals surface area contributed by atoms with Crippen molar-refractivity contribution in [3.63, 3.8) is 0 Å². The summed E-state index contributed by atoms with van der Waals surface area (Å²) in [6.07, 6.45) is 3.72. The summed E-state index contributed by atoms with van der Waals surface area (Å²) >= 11 is 5.43. The van der Waals surface area contributed by atoms with Crippen molar-refractivity contribution < 1.29 is 0 Å². The topological polar surface area (TPSA) is 15.3 Å². The fourth-order valence-corrected chi connectivity index (χ4v) is 4.54. The average Bonchev–Trinajstić information content (AvgIpc) is 2.82. The molecule has 0 aliphatic carbocycles. The van der Waals surface area contributed by atoms with Crippen LogP contribution in [0.1, 0.15) is 38.5 Å². The van der Waals surface area contributed by atoms with Gasteiger partial charge < -0.3 is 5.32 Å². The third-order valence-corrected chi connectivity index (χ3v) is 5.80. The molecule has 0 spiro atoms. The van der Waals surface area contributed by atoms with Crippen molar-refractivity contribution in [2.75, 3.05) is 19.6 Å². The van der Waals surface area contributed by atoms with Crippen molar-refractivity contribution in [2.24, 2.45) is 5.92 Å². The molecule has 1 fully saturated rings. The number of hydrogen-bond acceptors (Lipinski definition) is 3. The lowest BCUT2D eigenvalue weighted by Crippen LogP contribution is -2.56. The van der Waals surface area contributed by atoms with Crippen molar-refractivity contribution in [3.05, 3.63) is 20.8 Å². The highest BCUT2D eigenvalue weighted by atomic mass is 79.9. The summed E-state index contributed by atoms with van der Waals surface area (Å²) in [4.78, 5) is 4.20. The van der Waals surface area contributed by atoms with Crippen LogP contribution in [0.25, 0.3) is 0 Å². The van der Waals surface area contributed by atoms with E-state index in [1.54, 1.807) is 0 Å². The maximum atomic E-state index is 3.74. The van der Waals surface area contributed by atoms with E-state index in [0.717, 1.165) is 12.5 Å². The van der Waals surface area contributed by atoms with E-state index in [9.17, 15) is 0 Å². The molecule has 2 atom stereocenters. The number of hydrogen-bond donors (Lipinski definition) is 1. The van der Waals surface area contributed by atoms with Crippen LogP contribution in [-0.2, 0) is 6.42 Å². The van der Waals surface area contributed by atoms with Crippen molar-refractivity contribution >= 4 is 27.3 Å². The minimum absolute atomic E-state index is 0.674. The Morgan fingerprint density at radius 1 is 1.45 bits per heavy atom. The van der Waals surface area contributed by atoms with Crippen molar-refractivity contribution in [2.45, 2.75) is 52.1 Å². The second-order valence-corrected chi connectivity index (χ2v) is 8.80. The SMILES string of the molecule is CCC1CNC(CC(C)C)CN1CCc1ccc(Br)s1. The number of thiophene rings is 1. The minimum atomic E-state index is 0.674. The van der Waals surface area contributed by atoms with Gasteiger partial charge in [0.05, 0.1) is 3.79 Å². The van der Waals surface area contributed by atoms with Crippen LogP contribution in [0.4, 0.5) is 0 Å². The highest BCUT2D eigenvalue weighted by Gasteiger charge is 2.26. The predicted octanol–water partition coefficient (Wildman–Crippen LogP) is 4.15. The van der Waals surface area contributed by atoms with Crippen LogP contribution in [0.2, 0.25) is 0 Å². The van der Waals surface area contributed by atoms with E-state index in [4.69, 9.17) is 0 Å². The van der Waals surface area contributed by atoms with Gasteiger partial charge >= 0.3 is 0 Å². The lowest BCUT2D eigenvalue weighted by atomic mass is 9.99. The first kappa shape index (κ1) is 16.5. The highest BCUT2D eigenvalue weighted by Crippen LogP contribution is 2.23. The Morgan fingerprint density at radius 3 is 2.85 bits per heavy atom. The largest absolute Gasteiger partial charge is 0.311 e. The maximum Gasteiger partial charge on any atom is 0.0701 e. The first-order chi connectivity index (χ1) is 9.58. The lowest BCUT2D eigenvalue weighted by Gasteiger charge is -2.40. The fraction of sp³-hybridized carbons (Fsp3) is 0.750. The van der Waals surface area contributed by atoms with E-state index in [2.05, 4.69) is 59.1 Å². The second-order valence-electron chi connectivity index (χ2n) is 6.25. The van der Waals surface area contributed by atoms with Gasteiger partial charge in [-0.15, -0.1) is 11.3 Å². The van der Waals surface area contributed by atoms with Gasteiger partial charge in [0, 0.05) is 36.6 Å². The van der Waals surface area contributed by atoms with Gasteiger partial charge in [0.15, 0.2) is 0 Å². The zero-order chi connectivity index (χ0) is 14.5. The molecule has 0 aromatic carbocycles. The lowest BCUT2D eigenvalue weighted by molar-refractivity contribution is 0.120. The molecule has 20 heavy (non-hydrogen) atoms. The third-order valence-electron chi connectivity index (χ3n) is 4.11. The van der Waals surface area contributed by atoms with Crippen LogP contribution in [0.15, 0.2) is 15.9 Å². The zero-order valence-electron chi connectivity index (χ0n) is 12.9. The van der Waals surface area contributed by atoms with Gasteiger partial charge in [-0.25, -0.2) is 0 Å². The molecule has 0 radical (unpaired) electrons. The van der Waals surface area contributed by atoms with E-state index in [1.165, 1.54) is 41.0 Å². The van der Waals surface area contributed by atoms with Gasteiger partial charge in [-0.05, 0) is 53.2 Å². The third kappa shape index (κ3) is 4.83. The maximum absolute atomic E-state index is 3.74. The summed E-state index contributed by atoms with van der Waals surface area (Å²) in [5.74, 6) is 0.778. The van der Waals surface area contributed by atoms with Gasteiger partial charge in [-0.3, -0.25) is 4.90 Å². The molecule has 1 aromatic rings. The van der Waals surface area contributed by atoms with Crippen molar-refractivity contribution in [1.29, 1.82) is 0 Å². The van der Waals surface area contributed by atoms with E-state index in [1.807, 2.05) is 11.3 Å². The molecule has 1 aromatic heterocycles. The van der Waals surface area contributed by atoms with Crippen LogP contribution < -0.4 is 5.32 Å². The number of nitrogens with zero attached hydrogens (tertiary/aromatic N) is 1. The number of nitrogens with one attached hydrogen (secondary N) is 1. The van der Waals surface area contributed by atoms with Crippen LogP contribution >= 0.6 is 27.3 Å². The van der Waals surface area contributed by atoms with Crippen LogP contribution in [0.5, 0.6) is 0 Å². The van der Waals surface area contributed by atoms with Gasteiger partial charge in [-0.2, -0.15) is 0 Å². The summed E-state index contributed by atoms with van der Waals surface area (Å²) in [7, 11) is 0. The monoisotopic (exact) mass is 358 g/mol. The van der Waals surface area contributed by atoms with Crippen LogP contribution in [0, 0.1) is 5.92 Å². The number of rotatable bonds is 6. The molecule has 0 bridgehead atoms. The first-order valence-electron chi connectivity index (χ1n) is 7.80. The summed E-state index contributed by atoms with van der Waals surface area (Å²) < 4.78 is 1.25. The van der Waals surface area contributed by atoms with Gasteiger partial charge in [0.2, 0.25) is 0 Å². The van der Waals surface area contributed by atoms with Gasteiger partial charge in [-0.1, -0.05) is 20.8 Å². The summed E-state index contributed by atoms with van der Waals surface area (Å²) in [6.45, 7) is 10.5. The molecule has 0 saturated carbocycles. The quantitative estimate of drug-likeness (QED) is 0.821. The van der Waals surface area contributed by atoms with E-state index >= 15 is 0 Å². The smallest absolute Gasteiger partial charge is 0.0701 e. The molecule has 2 heterocycles. The predicted molar refractivity (Wildman–Crippen MR) is 92.6 cm³/mol. The van der Waals surface area contributed by atoms with Gasteiger partial charge in [0.1, 0.15) is 0 Å². The molecular formula is C16H27BrN2S. The van der Waals surface area contributed by atoms with Crippen molar-refractivity contribution in [1.82, 2.24) is 10.2 Å². The Labute approximate surface area is 136 Å². The van der Waals surface area contributed by atoms with E-state index in [0.29, 0.717) is 12.1 Å². The van der Waals surface area contributed by atoms with Crippen LogP contribution in [0.3, 0.4) is 0 Å². The molecule has 1 saturated heterocycles. The number of halogens is 1. The van der Waals surface area contributed by atoms with Crippen molar-refractivity contribution in [3.8, 4) is 0 Å². The highest BCUT2D eigenvalue weighted by molar-refractivity contribution is 9.11. The Balaban J connectivity index is 1.88. The molecular weight excluding hydrogens is 332 g/mol. The molecule has 1 N–H and O–H groups in total. The molecule has 0 amide bonds. The Hall–Kier alpha value is 0.1000. The summed E-state index contributed by atoms with van der Waals surface area (Å²) in [6, 6.07) is 5.80. The minimum Gasteiger partial charge on any atom is -0.311 e. The van der Waals surface area contributed by atoms with Gasteiger partial charge in [0.25, 0.3) is 0 Å². The van der Waals surface area contributed by atoms with E-state index < -0.39 is 0 Å².